The van der Waals surface area contributed by atoms with E-state index in [1.54, 1.807) is 11.8 Å². The number of benzene rings is 1. The first kappa shape index (κ1) is 15.7. The molecule has 1 aliphatic carbocycles. The minimum Gasteiger partial charge on any atom is -0.409 e. The van der Waals surface area contributed by atoms with Crippen LogP contribution in [0.5, 0.6) is 0 Å². The first-order valence-electron chi connectivity index (χ1n) is 7.06. The van der Waals surface area contributed by atoms with Crippen molar-refractivity contribution in [1.82, 2.24) is 0 Å². The van der Waals surface area contributed by atoms with Gasteiger partial charge in [0.1, 0.15) is 5.41 Å². The van der Waals surface area contributed by atoms with Crippen LogP contribution in [0.4, 0.5) is 5.69 Å². The van der Waals surface area contributed by atoms with Gasteiger partial charge in [-0.25, -0.2) is 0 Å². The van der Waals surface area contributed by atoms with Crippen LogP contribution < -0.4 is 11.1 Å². The largest absolute Gasteiger partial charge is 0.409 e. The van der Waals surface area contributed by atoms with Gasteiger partial charge in [-0.1, -0.05) is 36.6 Å². The van der Waals surface area contributed by atoms with Crippen molar-refractivity contribution in [3.05, 3.63) is 24.3 Å². The molecule has 114 valence electrons. The SMILES string of the molecule is CSc1ccccc1NC(=O)C1(/C(N)=N/O)CCCCC1. The number of anilines is 1. The van der Waals surface area contributed by atoms with E-state index >= 15 is 0 Å². The average Bonchev–Trinajstić information content (AvgIpc) is 2.55. The number of amides is 1. The number of carbonyl (C=O) groups excluding carboxylic acids is 1. The molecule has 2 rings (SSSR count). The molecule has 0 radical (unpaired) electrons. The summed E-state index contributed by atoms with van der Waals surface area (Å²) in [5.74, 6) is -0.166. The number of nitrogens with one attached hydrogen (secondary N) is 1. The molecule has 4 N–H and O–H groups in total. The molecule has 6 heteroatoms. The van der Waals surface area contributed by atoms with Gasteiger partial charge in [-0.2, -0.15) is 0 Å². The first-order chi connectivity index (χ1) is 10.1. The van der Waals surface area contributed by atoms with Gasteiger partial charge < -0.3 is 16.3 Å². The average molecular weight is 307 g/mol. The van der Waals surface area contributed by atoms with Gasteiger partial charge in [0.15, 0.2) is 5.84 Å². The van der Waals surface area contributed by atoms with Crippen LogP contribution in [0.1, 0.15) is 32.1 Å². The molecule has 0 spiro atoms. The summed E-state index contributed by atoms with van der Waals surface area (Å²) >= 11 is 1.57. The monoisotopic (exact) mass is 307 g/mol. The van der Waals surface area contributed by atoms with Gasteiger partial charge in [-0.3, -0.25) is 4.79 Å². The lowest BCUT2D eigenvalue weighted by molar-refractivity contribution is -0.123. The standard InChI is InChI=1S/C15H21N3O2S/c1-21-12-8-4-3-7-11(12)17-14(19)15(13(16)18-20)9-5-2-6-10-15/h3-4,7-8,20H,2,5-6,9-10H2,1H3,(H2,16,18)(H,17,19). The fourth-order valence-electron chi connectivity index (χ4n) is 2.84. The molecule has 0 bridgehead atoms. The van der Waals surface area contributed by atoms with Crippen molar-refractivity contribution in [2.45, 2.75) is 37.0 Å². The topological polar surface area (TPSA) is 87.7 Å². The van der Waals surface area contributed by atoms with E-state index in [0.29, 0.717) is 12.8 Å². The van der Waals surface area contributed by atoms with E-state index in [9.17, 15) is 4.79 Å². The number of carbonyl (C=O) groups is 1. The number of hydrogen-bond acceptors (Lipinski definition) is 4. The van der Waals surface area contributed by atoms with Gasteiger partial charge >= 0.3 is 0 Å². The molecule has 1 aliphatic rings. The van der Waals surface area contributed by atoms with E-state index in [1.807, 2.05) is 30.5 Å². The van der Waals surface area contributed by atoms with E-state index < -0.39 is 5.41 Å². The van der Waals surface area contributed by atoms with Crippen molar-refractivity contribution in [3.8, 4) is 0 Å². The fourth-order valence-corrected chi connectivity index (χ4v) is 3.39. The summed E-state index contributed by atoms with van der Waals surface area (Å²) in [7, 11) is 0. The zero-order valence-corrected chi connectivity index (χ0v) is 12.9. The molecule has 5 nitrogen and oxygen atoms in total. The molecule has 0 saturated heterocycles. The van der Waals surface area contributed by atoms with Crippen molar-refractivity contribution in [1.29, 1.82) is 0 Å². The summed E-state index contributed by atoms with van der Waals surface area (Å²) in [4.78, 5) is 13.8. The number of oxime groups is 1. The molecule has 0 unspecified atom stereocenters. The number of hydrogen-bond donors (Lipinski definition) is 3. The van der Waals surface area contributed by atoms with Crippen LogP contribution in [0.3, 0.4) is 0 Å². The minimum absolute atomic E-state index is 0.0151. The first-order valence-corrected chi connectivity index (χ1v) is 8.29. The van der Waals surface area contributed by atoms with Gasteiger partial charge in [0.05, 0.1) is 5.69 Å². The highest BCUT2D eigenvalue weighted by molar-refractivity contribution is 7.98. The van der Waals surface area contributed by atoms with Gasteiger partial charge in [0.25, 0.3) is 0 Å². The Hall–Kier alpha value is -1.69. The number of thioether (sulfide) groups is 1. The zero-order valence-electron chi connectivity index (χ0n) is 12.1. The van der Waals surface area contributed by atoms with Crippen LogP contribution >= 0.6 is 11.8 Å². The normalized spacial score (nSPS) is 18.2. The predicted octanol–water partition coefficient (Wildman–Crippen LogP) is 3.04. The Kier molecular flexibility index (Phi) is 5.12. The third kappa shape index (κ3) is 3.15. The van der Waals surface area contributed by atoms with Crippen LogP contribution in [0.2, 0.25) is 0 Å². The molecule has 0 atom stereocenters. The molecule has 0 aromatic heterocycles. The van der Waals surface area contributed by atoms with Crippen LogP contribution in [0.15, 0.2) is 34.3 Å². The number of amidine groups is 1. The molecular formula is C15H21N3O2S. The van der Waals surface area contributed by atoms with Gasteiger partial charge in [0, 0.05) is 4.90 Å². The van der Waals surface area contributed by atoms with Crippen LogP contribution in [-0.2, 0) is 4.79 Å². The highest BCUT2D eigenvalue weighted by Gasteiger charge is 2.44. The maximum absolute atomic E-state index is 12.8. The molecule has 1 aromatic rings. The highest BCUT2D eigenvalue weighted by Crippen LogP contribution is 2.38. The Labute approximate surface area is 129 Å². The highest BCUT2D eigenvalue weighted by atomic mass is 32.2. The quantitative estimate of drug-likeness (QED) is 0.262. The third-order valence-electron chi connectivity index (χ3n) is 4.09. The summed E-state index contributed by atoms with van der Waals surface area (Å²) in [6.07, 6.45) is 6.11. The molecule has 0 aliphatic heterocycles. The van der Waals surface area contributed by atoms with E-state index in [4.69, 9.17) is 10.9 Å². The molecule has 1 saturated carbocycles. The number of rotatable bonds is 4. The van der Waals surface area contributed by atoms with Crippen LogP contribution in [0, 0.1) is 5.41 Å². The summed E-state index contributed by atoms with van der Waals surface area (Å²) in [6, 6.07) is 7.64. The molecule has 21 heavy (non-hydrogen) atoms. The minimum atomic E-state index is -0.890. The Balaban J connectivity index is 2.27. The Morgan fingerprint density at radius 3 is 2.62 bits per heavy atom. The van der Waals surface area contributed by atoms with Crippen LogP contribution in [0.25, 0.3) is 0 Å². The number of para-hydroxylation sites is 1. The second-order valence-corrected chi connectivity index (χ2v) is 6.13. The summed E-state index contributed by atoms with van der Waals surface area (Å²) < 4.78 is 0. The van der Waals surface area contributed by atoms with Crippen molar-refractivity contribution in [2.75, 3.05) is 11.6 Å². The van der Waals surface area contributed by atoms with Crippen molar-refractivity contribution in [2.24, 2.45) is 16.3 Å². The van der Waals surface area contributed by atoms with E-state index in [0.717, 1.165) is 29.8 Å². The molecule has 1 amide bonds. The second-order valence-electron chi connectivity index (χ2n) is 5.28. The van der Waals surface area contributed by atoms with E-state index in [-0.39, 0.29) is 11.7 Å². The summed E-state index contributed by atoms with van der Waals surface area (Å²) in [6.45, 7) is 0. The van der Waals surface area contributed by atoms with Gasteiger partial charge in [0.2, 0.25) is 5.91 Å². The van der Waals surface area contributed by atoms with Gasteiger partial charge in [-0.05, 0) is 31.2 Å². The maximum Gasteiger partial charge on any atom is 0.238 e. The Morgan fingerprint density at radius 1 is 1.33 bits per heavy atom. The molecule has 0 heterocycles. The summed E-state index contributed by atoms with van der Waals surface area (Å²) in [5.41, 5.74) is 5.72. The second kappa shape index (κ2) is 6.85. The third-order valence-corrected chi connectivity index (χ3v) is 4.89. The van der Waals surface area contributed by atoms with E-state index in [2.05, 4.69) is 10.5 Å². The summed E-state index contributed by atoms with van der Waals surface area (Å²) in [5, 5.41) is 15.1. The number of nitrogens with zero attached hydrogens (tertiary/aromatic N) is 1. The number of nitrogens with two attached hydrogens (primary N) is 1. The fraction of sp³-hybridized carbons (Fsp3) is 0.467. The van der Waals surface area contributed by atoms with Crippen molar-refractivity contribution in [3.63, 3.8) is 0 Å². The van der Waals surface area contributed by atoms with Crippen molar-refractivity contribution < 1.29 is 10.0 Å². The molecule has 1 aromatic carbocycles. The van der Waals surface area contributed by atoms with E-state index in [1.165, 1.54) is 0 Å². The zero-order chi connectivity index (χ0) is 15.3. The lowest BCUT2D eigenvalue weighted by Crippen LogP contribution is -2.48. The maximum atomic E-state index is 12.8. The molecular weight excluding hydrogens is 286 g/mol. The van der Waals surface area contributed by atoms with Crippen LogP contribution in [-0.4, -0.2) is 23.2 Å². The molecule has 1 fully saturated rings. The Morgan fingerprint density at radius 2 is 2.00 bits per heavy atom. The van der Waals surface area contributed by atoms with Gasteiger partial charge in [-0.15, -0.1) is 11.8 Å². The lowest BCUT2D eigenvalue weighted by Gasteiger charge is -2.34. The smallest absolute Gasteiger partial charge is 0.238 e. The van der Waals surface area contributed by atoms with Crippen molar-refractivity contribution >= 4 is 29.2 Å². The predicted molar refractivity (Wildman–Crippen MR) is 85.8 cm³/mol. The Bertz CT molecular complexity index is 539. The lowest BCUT2D eigenvalue weighted by atomic mass is 9.72.